The maximum absolute atomic E-state index is 11.5. The van der Waals surface area contributed by atoms with E-state index < -0.39 is 0 Å². The lowest BCUT2D eigenvalue weighted by Gasteiger charge is -2.09. The SMILES string of the molecule is COCCNCC(=O)NCCCOc1cccc2cccnc12.Cl.Cl. The molecule has 8 heteroatoms. The Kier molecular flexibility index (Phi) is 12.8. The van der Waals surface area contributed by atoms with Gasteiger partial charge in [0.25, 0.3) is 0 Å². The van der Waals surface area contributed by atoms with E-state index in [1.807, 2.05) is 30.3 Å². The van der Waals surface area contributed by atoms with Crippen molar-refractivity contribution < 1.29 is 14.3 Å². The van der Waals surface area contributed by atoms with Gasteiger partial charge in [0.05, 0.1) is 19.8 Å². The van der Waals surface area contributed by atoms with Crippen LogP contribution in [0.1, 0.15) is 6.42 Å². The summed E-state index contributed by atoms with van der Waals surface area (Å²) in [6.45, 7) is 2.69. The zero-order valence-corrected chi connectivity index (χ0v) is 15.8. The first-order chi connectivity index (χ1) is 11.3. The van der Waals surface area contributed by atoms with E-state index in [1.165, 1.54) is 0 Å². The van der Waals surface area contributed by atoms with Crippen molar-refractivity contribution in [1.29, 1.82) is 0 Å². The number of aromatic nitrogens is 1. The number of methoxy groups -OCH3 is 1. The van der Waals surface area contributed by atoms with E-state index in [4.69, 9.17) is 9.47 Å². The van der Waals surface area contributed by atoms with Crippen LogP contribution in [0.15, 0.2) is 36.5 Å². The number of halogens is 2. The molecule has 0 aliphatic rings. The second kappa shape index (κ2) is 13.7. The molecule has 1 amide bonds. The summed E-state index contributed by atoms with van der Waals surface area (Å²) in [5.41, 5.74) is 0.862. The van der Waals surface area contributed by atoms with Crippen LogP contribution >= 0.6 is 24.8 Å². The monoisotopic (exact) mass is 389 g/mol. The fourth-order valence-electron chi connectivity index (χ4n) is 2.11. The first-order valence-corrected chi connectivity index (χ1v) is 7.74. The molecule has 25 heavy (non-hydrogen) atoms. The summed E-state index contributed by atoms with van der Waals surface area (Å²) in [5.74, 6) is 0.753. The highest BCUT2D eigenvalue weighted by molar-refractivity contribution is 5.85. The van der Waals surface area contributed by atoms with Gasteiger partial charge in [-0.25, -0.2) is 0 Å². The standard InChI is InChI=1S/C17H23N3O3.2ClH/c1-22-12-10-18-13-16(21)19-9-4-11-23-15-7-2-5-14-6-3-8-20-17(14)15;;/h2-3,5-8,18H,4,9-13H2,1H3,(H,19,21);2*1H. The number of fused-ring (bicyclic) bond motifs is 1. The molecule has 0 spiro atoms. The molecule has 0 atom stereocenters. The number of para-hydroxylation sites is 1. The van der Waals surface area contributed by atoms with Crippen LogP contribution in [0.3, 0.4) is 0 Å². The summed E-state index contributed by atoms with van der Waals surface area (Å²) in [6, 6.07) is 9.78. The average Bonchev–Trinajstić information content (AvgIpc) is 2.58. The molecule has 1 heterocycles. The van der Waals surface area contributed by atoms with Crippen molar-refractivity contribution in [3.05, 3.63) is 36.5 Å². The van der Waals surface area contributed by atoms with Crippen LogP contribution in [0.4, 0.5) is 0 Å². The Morgan fingerprint density at radius 3 is 2.72 bits per heavy atom. The number of carbonyl (C=O) groups excluding carboxylic acids is 1. The molecule has 140 valence electrons. The fourth-order valence-corrected chi connectivity index (χ4v) is 2.11. The third kappa shape index (κ3) is 8.36. The minimum absolute atomic E-state index is 0. The van der Waals surface area contributed by atoms with Crippen LogP contribution in [0, 0.1) is 0 Å². The number of ether oxygens (including phenoxy) is 2. The number of pyridine rings is 1. The van der Waals surface area contributed by atoms with E-state index in [-0.39, 0.29) is 30.7 Å². The lowest BCUT2D eigenvalue weighted by molar-refractivity contribution is -0.120. The van der Waals surface area contributed by atoms with Crippen molar-refractivity contribution >= 4 is 41.6 Å². The largest absolute Gasteiger partial charge is 0.491 e. The summed E-state index contributed by atoms with van der Waals surface area (Å²) >= 11 is 0. The lowest BCUT2D eigenvalue weighted by Crippen LogP contribution is -2.35. The van der Waals surface area contributed by atoms with Gasteiger partial charge in [-0.05, 0) is 18.6 Å². The second-order valence-electron chi connectivity index (χ2n) is 5.05. The van der Waals surface area contributed by atoms with E-state index in [2.05, 4.69) is 15.6 Å². The van der Waals surface area contributed by atoms with Gasteiger partial charge in [-0.2, -0.15) is 0 Å². The van der Waals surface area contributed by atoms with Crippen LogP contribution in [-0.4, -0.2) is 50.8 Å². The van der Waals surface area contributed by atoms with Crippen LogP contribution in [0.2, 0.25) is 0 Å². The average molecular weight is 390 g/mol. The van der Waals surface area contributed by atoms with E-state index in [0.717, 1.165) is 23.1 Å². The Morgan fingerprint density at radius 2 is 1.92 bits per heavy atom. The van der Waals surface area contributed by atoms with Gasteiger partial charge in [0.15, 0.2) is 0 Å². The Labute approximate surface area is 160 Å². The van der Waals surface area contributed by atoms with Gasteiger partial charge in [-0.1, -0.05) is 18.2 Å². The number of hydrogen-bond acceptors (Lipinski definition) is 5. The Hall–Kier alpha value is -1.60. The summed E-state index contributed by atoms with van der Waals surface area (Å²) in [4.78, 5) is 15.9. The minimum atomic E-state index is -0.0204. The van der Waals surface area contributed by atoms with Crippen LogP contribution < -0.4 is 15.4 Å². The number of nitrogens with zero attached hydrogens (tertiary/aromatic N) is 1. The Bertz CT molecular complexity index is 624. The molecule has 0 unspecified atom stereocenters. The number of hydrogen-bond donors (Lipinski definition) is 2. The molecule has 0 aliphatic carbocycles. The lowest BCUT2D eigenvalue weighted by atomic mass is 10.2. The number of nitrogens with one attached hydrogen (secondary N) is 2. The summed E-state index contributed by atoms with van der Waals surface area (Å²) in [7, 11) is 1.63. The molecule has 0 bridgehead atoms. The maximum Gasteiger partial charge on any atom is 0.233 e. The van der Waals surface area contributed by atoms with Crippen LogP contribution in [0.25, 0.3) is 10.9 Å². The molecule has 2 rings (SSSR count). The van der Waals surface area contributed by atoms with Gasteiger partial charge >= 0.3 is 0 Å². The zero-order valence-electron chi connectivity index (χ0n) is 14.2. The Morgan fingerprint density at radius 1 is 1.12 bits per heavy atom. The van der Waals surface area contributed by atoms with E-state index in [0.29, 0.717) is 32.8 Å². The molecule has 0 aliphatic heterocycles. The molecule has 0 radical (unpaired) electrons. The minimum Gasteiger partial charge on any atom is -0.491 e. The third-order valence-electron chi connectivity index (χ3n) is 3.27. The maximum atomic E-state index is 11.5. The summed E-state index contributed by atoms with van der Waals surface area (Å²) in [5, 5.41) is 6.90. The molecule has 6 nitrogen and oxygen atoms in total. The highest BCUT2D eigenvalue weighted by Gasteiger charge is 2.03. The van der Waals surface area contributed by atoms with Crippen molar-refractivity contribution in [3.63, 3.8) is 0 Å². The summed E-state index contributed by atoms with van der Waals surface area (Å²) in [6.07, 6.45) is 2.50. The number of amides is 1. The van der Waals surface area contributed by atoms with Crippen molar-refractivity contribution in [2.75, 3.05) is 40.0 Å². The molecular formula is C17H25Cl2N3O3. The van der Waals surface area contributed by atoms with Gasteiger partial charge in [0, 0.05) is 31.8 Å². The van der Waals surface area contributed by atoms with Gasteiger partial charge in [0.1, 0.15) is 11.3 Å². The first kappa shape index (κ1) is 23.4. The number of benzene rings is 1. The predicted octanol–water partition coefficient (Wildman–Crippen LogP) is 2.20. The third-order valence-corrected chi connectivity index (χ3v) is 3.27. The molecule has 2 N–H and O–H groups in total. The van der Waals surface area contributed by atoms with Crippen LogP contribution in [0.5, 0.6) is 5.75 Å². The van der Waals surface area contributed by atoms with Crippen molar-refractivity contribution in [1.82, 2.24) is 15.6 Å². The van der Waals surface area contributed by atoms with Gasteiger partial charge in [0.2, 0.25) is 5.91 Å². The summed E-state index contributed by atoms with van der Waals surface area (Å²) < 4.78 is 10.7. The quantitative estimate of drug-likeness (QED) is 0.609. The highest BCUT2D eigenvalue weighted by atomic mass is 35.5. The van der Waals surface area contributed by atoms with E-state index >= 15 is 0 Å². The predicted molar refractivity (Wildman–Crippen MR) is 104 cm³/mol. The smallest absolute Gasteiger partial charge is 0.233 e. The molecule has 0 saturated carbocycles. The van der Waals surface area contributed by atoms with Crippen molar-refractivity contribution in [2.24, 2.45) is 0 Å². The first-order valence-electron chi connectivity index (χ1n) is 7.74. The van der Waals surface area contributed by atoms with Crippen molar-refractivity contribution in [2.45, 2.75) is 6.42 Å². The van der Waals surface area contributed by atoms with Gasteiger partial charge in [-0.3, -0.25) is 9.78 Å². The number of carbonyl (C=O) groups is 1. The Balaban J connectivity index is 0.00000288. The molecule has 2 aromatic rings. The normalized spacial score (nSPS) is 9.80. The molecule has 0 fully saturated rings. The second-order valence-corrected chi connectivity index (χ2v) is 5.05. The highest BCUT2D eigenvalue weighted by Crippen LogP contribution is 2.22. The van der Waals surface area contributed by atoms with Gasteiger partial charge < -0.3 is 20.1 Å². The zero-order chi connectivity index (χ0) is 16.3. The van der Waals surface area contributed by atoms with E-state index in [1.54, 1.807) is 13.3 Å². The fraction of sp³-hybridized carbons (Fsp3) is 0.412. The molecule has 0 saturated heterocycles. The van der Waals surface area contributed by atoms with Crippen LogP contribution in [-0.2, 0) is 9.53 Å². The van der Waals surface area contributed by atoms with Crippen molar-refractivity contribution in [3.8, 4) is 5.75 Å². The molecule has 1 aromatic carbocycles. The number of rotatable bonds is 10. The molecule has 1 aromatic heterocycles. The molecular weight excluding hydrogens is 365 g/mol. The van der Waals surface area contributed by atoms with E-state index in [9.17, 15) is 4.79 Å². The topological polar surface area (TPSA) is 72.5 Å². The van der Waals surface area contributed by atoms with Gasteiger partial charge in [-0.15, -0.1) is 24.8 Å².